The van der Waals surface area contributed by atoms with Gasteiger partial charge in [0.25, 0.3) is 0 Å². The number of anilines is 1. The number of benzene rings is 2. The molecular weight excluding hydrogens is 322 g/mol. The molecule has 2 N–H and O–H groups in total. The Morgan fingerprint density at radius 1 is 1.09 bits per heavy atom. The Morgan fingerprint density at radius 2 is 1.73 bits per heavy atom. The van der Waals surface area contributed by atoms with Gasteiger partial charge in [-0.3, -0.25) is 4.72 Å². The zero-order valence-corrected chi connectivity index (χ0v) is 13.5. The summed E-state index contributed by atoms with van der Waals surface area (Å²) in [6.07, 6.45) is 1.07. The van der Waals surface area contributed by atoms with Gasteiger partial charge in [-0.1, -0.05) is 48.0 Å². The quantitative estimate of drug-likeness (QED) is 0.665. The van der Waals surface area contributed by atoms with Crippen LogP contribution in [0.1, 0.15) is 5.56 Å². The molecule has 0 radical (unpaired) electrons. The van der Waals surface area contributed by atoms with Crippen LogP contribution in [-0.4, -0.2) is 20.6 Å². The molecule has 7 heteroatoms. The molecule has 0 bridgehead atoms. The van der Waals surface area contributed by atoms with Crippen LogP contribution in [0.25, 0.3) is 0 Å². The summed E-state index contributed by atoms with van der Waals surface area (Å²) in [4.78, 5) is 4.27. The third-order valence-electron chi connectivity index (χ3n) is 2.68. The van der Waals surface area contributed by atoms with E-state index in [2.05, 4.69) is 15.0 Å². The van der Waals surface area contributed by atoms with Crippen molar-refractivity contribution in [2.24, 2.45) is 4.99 Å². The maximum atomic E-state index is 11.5. The van der Waals surface area contributed by atoms with Gasteiger partial charge in [0, 0.05) is 10.7 Å². The number of hydrogen-bond acceptors (Lipinski definition) is 3. The molecule has 116 valence electrons. The molecule has 2 aromatic carbocycles. The van der Waals surface area contributed by atoms with Crippen molar-refractivity contribution in [1.29, 1.82) is 0 Å². The number of aliphatic imine (C=N–C) groups is 1. The van der Waals surface area contributed by atoms with E-state index in [1.807, 2.05) is 48.5 Å². The van der Waals surface area contributed by atoms with Crippen LogP contribution < -0.4 is 10.0 Å². The predicted molar refractivity (Wildman–Crippen MR) is 90.6 cm³/mol. The third kappa shape index (κ3) is 5.38. The summed E-state index contributed by atoms with van der Waals surface area (Å²) in [6, 6.07) is 16.5. The van der Waals surface area contributed by atoms with Gasteiger partial charge in [0.2, 0.25) is 16.0 Å². The van der Waals surface area contributed by atoms with Crippen molar-refractivity contribution in [2.75, 3.05) is 11.6 Å². The number of sulfonamides is 1. The standard InChI is InChI=1S/C15H16ClN3O2S/c1-22(20,21)19-15(18-13-8-3-2-4-9-13)17-11-12-7-5-6-10-14(12)16/h2-10H,11H2,1H3,(H2,17,18,19). The maximum Gasteiger partial charge on any atom is 0.232 e. The number of para-hydroxylation sites is 1. The maximum absolute atomic E-state index is 11.5. The second kappa shape index (κ2) is 7.29. The molecule has 0 unspecified atom stereocenters. The first kappa shape index (κ1) is 16.3. The van der Waals surface area contributed by atoms with E-state index >= 15 is 0 Å². The molecule has 5 nitrogen and oxygen atoms in total. The highest BCUT2D eigenvalue weighted by atomic mass is 35.5. The van der Waals surface area contributed by atoms with Crippen molar-refractivity contribution in [2.45, 2.75) is 6.54 Å². The number of guanidine groups is 1. The van der Waals surface area contributed by atoms with Crippen LogP contribution >= 0.6 is 11.6 Å². The fourth-order valence-electron chi connectivity index (χ4n) is 1.72. The molecule has 0 heterocycles. The van der Waals surface area contributed by atoms with E-state index in [0.717, 1.165) is 17.5 Å². The minimum atomic E-state index is -3.43. The molecule has 0 aromatic heterocycles. The molecule has 0 aliphatic heterocycles. The SMILES string of the molecule is CS(=O)(=O)NC(=NCc1ccccc1Cl)Nc1ccccc1. The van der Waals surface area contributed by atoms with E-state index in [0.29, 0.717) is 5.02 Å². The monoisotopic (exact) mass is 337 g/mol. The van der Waals surface area contributed by atoms with Crippen molar-refractivity contribution in [3.8, 4) is 0 Å². The summed E-state index contributed by atoms with van der Waals surface area (Å²) in [5, 5.41) is 3.53. The minimum Gasteiger partial charge on any atom is -0.326 e. The zero-order chi connectivity index (χ0) is 16.0. The van der Waals surface area contributed by atoms with Crippen LogP contribution in [0.2, 0.25) is 5.02 Å². The molecule has 22 heavy (non-hydrogen) atoms. The summed E-state index contributed by atoms with van der Waals surface area (Å²) in [5.41, 5.74) is 1.54. The number of hydrogen-bond donors (Lipinski definition) is 2. The summed E-state index contributed by atoms with van der Waals surface area (Å²) in [5.74, 6) is 0.147. The Balaban J connectivity index is 2.20. The molecule has 0 aliphatic carbocycles. The summed E-state index contributed by atoms with van der Waals surface area (Å²) >= 11 is 6.07. The number of nitrogens with zero attached hydrogens (tertiary/aromatic N) is 1. The van der Waals surface area contributed by atoms with E-state index in [9.17, 15) is 8.42 Å². The van der Waals surface area contributed by atoms with Gasteiger partial charge in [0.15, 0.2) is 0 Å². The lowest BCUT2D eigenvalue weighted by Crippen LogP contribution is -2.35. The molecule has 0 saturated carbocycles. The molecule has 0 saturated heterocycles. The first-order chi connectivity index (χ1) is 10.4. The van der Waals surface area contributed by atoms with Crippen molar-refractivity contribution < 1.29 is 8.42 Å². The first-order valence-corrected chi connectivity index (χ1v) is 8.79. The molecule has 2 aromatic rings. The van der Waals surface area contributed by atoms with E-state index in [1.54, 1.807) is 6.07 Å². The first-order valence-electron chi connectivity index (χ1n) is 6.52. The van der Waals surface area contributed by atoms with Gasteiger partial charge in [0.05, 0.1) is 12.8 Å². The highest BCUT2D eigenvalue weighted by molar-refractivity contribution is 7.89. The third-order valence-corrected chi connectivity index (χ3v) is 3.62. The van der Waals surface area contributed by atoms with Gasteiger partial charge in [-0.05, 0) is 23.8 Å². The van der Waals surface area contributed by atoms with Crippen LogP contribution in [0, 0.1) is 0 Å². The average Bonchev–Trinajstić information content (AvgIpc) is 2.46. The smallest absolute Gasteiger partial charge is 0.232 e. The van der Waals surface area contributed by atoms with Gasteiger partial charge in [-0.25, -0.2) is 13.4 Å². The lowest BCUT2D eigenvalue weighted by atomic mass is 10.2. The fraction of sp³-hybridized carbons (Fsp3) is 0.133. The molecule has 0 aliphatic rings. The Morgan fingerprint density at radius 3 is 2.36 bits per heavy atom. The van der Waals surface area contributed by atoms with E-state index in [4.69, 9.17) is 11.6 Å². The highest BCUT2D eigenvalue weighted by Crippen LogP contribution is 2.15. The zero-order valence-electron chi connectivity index (χ0n) is 12.0. The summed E-state index contributed by atoms with van der Waals surface area (Å²) in [7, 11) is -3.43. The van der Waals surface area contributed by atoms with Gasteiger partial charge >= 0.3 is 0 Å². The number of nitrogens with one attached hydrogen (secondary N) is 2. The molecule has 0 amide bonds. The topological polar surface area (TPSA) is 70.6 Å². The normalized spacial score (nSPS) is 12.0. The van der Waals surface area contributed by atoms with Crippen LogP contribution in [-0.2, 0) is 16.6 Å². The summed E-state index contributed by atoms with van der Waals surface area (Å²) < 4.78 is 25.3. The Kier molecular flexibility index (Phi) is 5.41. The Hall–Kier alpha value is -2.05. The molecular formula is C15H16ClN3O2S. The van der Waals surface area contributed by atoms with Crippen LogP contribution in [0.5, 0.6) is 0 Å². The molecule has 0 fully saturated rings. The Labute approximate surface area is 135 Å². The van der Waals surface area contributed by atoms with Crippen LogP contribution in [0.4, 0.5) is 5.69 Å². The van der Waals surface area contributed by atoms with Crippen molar-refractivity contribution in [3.63, 3.8) is 0 Å². The lowest BCUT2D eigenvalue weighted by molar-refractivity contribution is 0.598. The van der Waals surface area contributed by atoms with Gasteiger partial charge in [0.1, 0.15) is 0 Å². The van der Waals surface area contributed by atoms with Gasteiger partial charge in [-0.15, -0.1) is 0 Å². The lowest BCUT2D eigenvalue weighted by Gasteiger charge is -2.11. The molecule has 2 rings (SSSR count). The number of rotatable bonds is 4. The largest absolute Gasteiger partial charge is 0.326 e. The second-order valence-electron chi connectivity index (χ2n) is 4.62. The van der Waals surface area contributed by atoms with Crippen molar-refractivity contribution >= 4 is 33.3 Å². The minimum absolute atomic E-state index is 0.147. The van der Waals surface area contributed by atoms with Crippen molar-refractivity contribution in [1.82, 2.24) is 4.72 Å². The average molecular weight is 338 g/mol. The van der Waals surface area contributed by atoms with Crippen LogP contribution in [0.3, 0.4) is 0 Å². The number of halogens is 1. The fourth-order valence-corrected chi connectivity index (χ4v) is 2.38. The van der Waals surface area contributed by atoms with Gasteiger partial charge < -0.3 is 5.32 Å². The summed E-state index contributed by atoms with van der Waals surface area (Å²) in [6.45, 7) is 0.261. The predicted octanol–water partition coefficient (Wildman–Crippen LogP) is 2.86. The van der Waals surface area contributed by atoms with E-state index < -0.39 is 10.0 Å². The van der Waals surface area contributed by atoms with Crippen molar-refractivity contribution in [3.05, 3.63) is 65.2 Å². The second-order valence-corrected chi connectivity index (χ2v) is 6.78. The molecule has 0 spiro atoms. The van der Waals surface area contributed by atoms with Crippen LogP contribution in [0.15, 0.2) is 59.6 Å². The van der Waals surface area contributed by atoms with E-state index in [-0.39, 0.29) is 12.5 Å². The molecule has 0 atom stereocenters. The van der Waals surface area contributed by atoms with Gasteiger partial charge in [-0.2, -0.15) is 0 Å². The Bertz CT molecular complexity index is 761. The highest BCUT2D eigenvalue weighted by Gasteiger charge is 2.07. The van der Waals surface area contributed by atoms with E-state index in [1.165, 1.54) is 0 Å².